The first-order valence-corrected chi connectivity index (χ1v) is 9.21. The molecule has 2 atom stereocenters. The van der Waals surface area contributed by atoms with E-state index in [-0.39, 0.29) is 12.4 Å². The van der Waals surface area contributed by atoms with Crippen molar-refractivity contribution in [3.8, 4) is 0 Å². The topological polar surface area (TPSA) is 52.6 Å². The molecule has 0 bridgehead atoms. The third-order valence-corrected chi connectivity index (χ3v) is 4.46. The third-order valence-electron chi connectivity index (χ3n) is 4.46. The Morgan fingerprint density at radius 1 is 1.16 bits per heavy atom. The van der Waals surface area contributed by atoms with Gasteiger partial charge in [0.1, 0.15) is 11.9 Å². The summed E-state index contributed by atoms with van der Waals surface area (Å²) in [6, 6.07) is 7.77. The van der Waals surface area contributed by atoms with Crippen LogP contribution in [-0.4, -0.2) is 18.4 Å². The van der Waals surface area contributed by atoms with Gasteiger partial charge in [0.15, 0.2) is 5.92 Å². The van der Waals surface area contributed by atoms with Gasteiger partial charge in [-0.05, 0) is 31.9 Å². The Hall–Kier alpha value is -2.10. The van der Waals surface area contributed by atoms with Gasteiger partial charge < -0.3 is 9.47 Å². The number of hydrogen-bond donors (Lipinski definition) is 0. The van der Waals surface area contributed by atoms with E-state index in [2.05, 4.69) is 6.92 Å². The van der Waals surface area contributed by atoms with Crippen LogP contribution in [0.1, 0.15) is 70.1 Å². The number of unbranched alkanes of at least 4 members (excludes halogenated alkanes) is 3. The molecule has 1 aliphatic rings. The van der Waals surface area contributed by atoms with E-state index in [4.69, 9.17) is 9.47 Å². The maximum absolute atomic E-state index is 12.4. The fourth-order valence-corrected chi connectivity index (χ4v) is 3.17. The van der Waals surface area contributed by atoms with Crippen molar-refractivity contribution in [3.63, 3.8) is 0 Å². The van der Waals surface area contributed by atoms with Gasteiger partial charge in [0.2, 0.25) is 0 Å². The van der Waals surface area contributed by atoms with E-state index in [1.165, 1.54) is 19.8 Å². The highest BCUT2D eigenvalue weighted by Gasteiger charge is 2.39. The molecular formula is C21H28O4. The predicted molar refractivity (Wildman–Crippen MR) is 97.8 cm³/mol. The minimum absolute atomic E-state index is 0.231. The van der Waals surface area contributed by atoms with Gasteiger partial charge in [0.25, 0.3) is 0 Å². The van der Waals surface area contributed by atoms with E-state index < -0.39 is 18.0 Å². The molecule has 0 radical (unpaired) electrons. The number of ether oxygens (including phenoxy) is 2. The van der Waals surface area contributed by atoms with Crippen molar-refractivity contribution in [2.45, 2.75) is 59.0 Å². The average molecular weight is 344 g/mol. The van der Waals surface area contributed by atoms with Crippen molar-refractivity contribution < 1.29 is 19.1 Å². The molecule has 1 aromatic carbocycles. The number of allylic oxidation sites excluding steroid dienone is 1. The van der Waals surface area contributed by atoms with Gasteiger partial charge in [-0.2, -0.15) is 0 Å². The standard InChI is InChI=1S/C21H28O4/c1-4-6-7-8-12-17-14-16-11-9-10-13-18(16)20(25-17)19(15(3)22)21(23)24-5-2/h9-11,13-14,19-20H,4-8,12H2,1-3H3. The molecule has 25 heavy (non-hydrogen) atoms. The number of Topliss-reactive ketones (excluding diaryl/α,β-unsaturated/α-hetero) is 1. The predicted octanol–water partition coefficient (Wildman–Crippen LogP) is 4.84. The highest BCUT2D eigenvalue weighted by molar-refractivity contribution is 5.98. The minimum Gasteiger partial charge on any atom is -0.489 e. The van der Waals surface area contributed by atoms with Gasteiger partial charge >= 0.3 is 5.97 Å². The van der Waals surface area contributed by atoms with E-state index in [0.717, 1.165) is 36.1 Å². The van der Waals surface area contributed by atoms with E-state index in [0.29, 0.717) is 0 Å². The first-order chi connectivity index (χ1) is 12.1. The number of carbonyl (C=O) groups excluding carboxylic acids is 2. The molecule has 2 rings (SSSR count). The monoisotopic (exact) mass is 344 g/mol. The van der Waals surface area contributed by atoms with Gasteiger partial charge in [-0.3, -0.25) is 9.59 Å². The number of rotatable bonds is 9. The summed E-state index contributed by atoms with van der Waals surface area (Å²) in [5.41, 5.74) is 1.88. The second-order valence-electron chi connectivity index (χ2n) is 6.43. The molecule has 0 aliphatic carbocycles. The van der Waals surface area contributed by atoms with Crippen LogP contribution in [0.4, 0.5) is 0 Å². The SMILES string of the molecule is CCCCCCC1=Cc2ccccc2C(C(C(C)=O)C(=O)OCC)O1. The lowest BCUT2D eigenvalue weighted by Crippen LogP contribution is -2.33. The Morgan fingerprint density at radius 3 is 2.60 bits per heavy atom. The average Bonchev–Trinajstić information content (AvgIpc) is 2.59. The molecule has 0 spiro atoms. The third kappa shape index (κ3) is 4.94. The normalized spacial score (nSPS) is 17.1. The summed E-state index contributed by atoms with van der Waals surface area (Å²) in [4.78, 5) is 24.5. The Bertz CT molecular complexity index is 633. The highest BCUT2D eigenvalue weighted by atomic mass is 16.5. The van der Waals surface area contributed by atoms with Crippen LogP contribution in [0.15, 0.2) is 30.0 Å². The number of fused-ring (bicyclic) bond motifs is 1. The van der Waals surface area contributed by atoms with E-state index in [1.54, 1.807) is 6.92 Å². The zero-order valence-corrected chi connectivity index (χ0v) is 15.4. The Balaban J connectivity index is 2.26. The molecule has 2 unspecified atom stereocenters. The Morgan fingerprint density at radius 2 is 1.92 bits per heavy atom. The lowest BCUT2D eigenvalue weighted by atomic mass is 9.87. The summed E-state index contributed by atoms with van der Waals surface area (Å²) in [7, 11) is 0. The molecular weight excluding hydrogens is 316 g/mol. The molecule has 136 valence electrons. The molecule has 0 saturated heterocycles. The Kier molecular flexibility index (Phi) is 7.23. The number of benzene rings is 1. The molecule has 0 N–H and O–H groups in total. The largest absolute Gasteiger partial charge is 0.489 e. The fraction of sp³-hybridized carbons (Fsp3) is 0.524. The van der Waals surface area contributed by atoms with Gasteiger partial charge in [0.05, 0.1) is 12.4 Å². The molecule has 0 amide bonds. The summed E-state index contributed by atoms with van der Waals surface area (Å²) in [6.07, 6.45) is 6.81. The van der Waals surface area contributed by atoms with Crippen molar-refractivity contribution in [2.75, 3.05) is 6.61 Å². The van der Waals surface area contributed by atoms with E-state index in [9.17, 15) is 9.59 Å². The molecule has 4 heteroatoms. The van der Waals surface area contributed by atoms with Gasteiger partial charge in [-0.25, -0.2) is 0 Å². The van der Waals surface area contributed by atoms with Crippen molar-refractivity contribution in [2.24, 2.45) is 5.92 Å². The van der Waals surface area contributed by atoms with Crippen LogP contribution in [0.25, 0.3) is 6.08 Å². The van der Waals surface area contributed by atoms with Crippen molar-refractivity contribution in [3.05, 3.63) is 41.2 Å². The minimum atomic E-state index is -0.930. The van der Waals surface area contributed by atoms with Crippen LogP contribution in [0.2, 0.25) is 0 Å². The first-order valence-electron chi connectivity index (χ1n) is 9.21. The molecule has 1 aliphatic heterocycles. The van der Waals surface area contributed by atoms with Crippen LogP contribution in [-0.2, 0) is 19.1 Å². The van der Waals surface area contributed by atoms with Crippen LogP contribution in [0.3, 0.4) is 0 Å². The second-order valence-corrected chi connectivity index (χ2v) is 6.43. The maximum Gasteiger partial charge on any atom is 0.320 e. The van der Waals surface area contributed by atoms with Crippen molar-refractivity contribution >= 4 is 17.8 Å². The van der Waals surface area contributed by atoms with Crippen molar-refractivity contribution in [1.82, 2.24) is 0 Å². The molecule has 1 aromatic rings. The quantitative estimate of drug-likeness (QED) is 0.365. The lowest BCUT2D eigenvalue weighted by molar-refractivity contribution is -0.156. The first kappa shape index (κ1) is 19.2. The van der Waals surface area contributed by atoms with Gasteiger partial charge in [-0.1, -0.05) is 50.5 Å². The molecule has 4 nitrogen and oxygen atoms in total. The lowest BCUT2D eigenvalue weighted by Gasteiger charge is -2.31. The van der Waals surface area contributed by atoms with Crippen molar-refractivity contribution in [1.29, 1.82) is 0 Å². The highest BCUT2D eigenvalue weighted by Crippen LogP contribution is 2.38. The summed E-state index contributed by atoms with van der Waals surface area (Å²) in [5, 5.41) is 0. The maximum atomic E-state index is 12.4. The van der Waals surface area contributed by atoms with Crippen LogP contribution < -0.4 is 0 Å². The summed E-state index contributed by atoms with van der Waals surface area (Å²) >= 11 is 0. The van der Waals surface area contributed by atoms with E-state index >= 15 is 0 Å². The van der Waals surface area contributed by atoms with Gasteiger partial charge in [-0.15, -0.1) is 0 Å². The zero-order valence-electron chi connectivity index (χ0n) is 15.4. The zero-order chi connectivity index (χ0) is 18.2. The fourth-order valence-electron chi connectivity index (χ4n) is 3.17. The summed E-state index contributed by atoms with van der Waals surface area (Å²) in [5.74, 6) is -0.830. The number of esters is 1. The summed E-state index contributed by atoms with van der Waals surface area (Å²) < 4.78 is 11.2. The number of ketones is 1. The smallest absolute Gasteiger partial charge is 0.320 e. The van der Waals surface area contributed by atoms with Gasteiger partial charge in [0, 0.05) is 12.0 Å². The van der Waals surface area contributed by atoms with Crippen LogP contribution in [0.5, 0.6) is 0 Å². The molecule has 0 saturated carbocycles. The summed E-state index contributed by atoms with van der Waals surface area (Å²) in [6.45, 7) is 5.59. The molecule has 0 aromatic heterocycles. The van der Waals surface area contributed by atoms with E-state index in [1.807, 2.05) is 30.3 Å². The van der Waals surface area contributed by atoms with Crippen LogP contribution >= 0.6 is 0 Å². The second kappa shape index (κ2) is 9.40. The molecule has 1 heterocycles. The number of hydrogen-bond acceptors (Lipinski definition) is 4. The molecule has 0 fully saturated rings. The van der Waals surface area contributed by atoms with Crippen LogP contribution in [0, 0.1) is 5.92 Å². The number of carbonyl (C=O) groups is 2. The Labute approximate surface area is 150 Å².